The molecule has 2 atom stereocenters. The topological polar surface area (TPSA) is 48.0 Å². The zero-order valence-electron chi connectivity index (χ0n) is 13.3. The smallest absolute Gasteiger partial charge is 0.136 e. The van der Waals surface area contributed by atoms with Crippen LogP contribution in [0.25, 0.3) is 11.3 Å². The van der Waals surface area contributed by atoms with Gasteiger partial charge in [0.05, 0.1) is 11.7 Å². The Bertz CT molecular complexity index is 608. The van der Waals surface area contributed by atoms with Crippen molar-refractivity contribution in [3.63, 3.8) is 0 Å². The van der Waals surface area contributed by atoms with Crippen LogP contribution in [0.2, 0.25) is 0 Å². The molecule has 1 aromatic carbocycles. The Kier molecular flexibility index (Phi) is 5.21. The molecule has 0 radical (unpaired) electrons. The third-order valence-electron chi connectivity index (χ3n) is 3.27. The van der Waals surface area contributed by atoms with Gasteiger partial charge in [-0.3, -0.25) is 4.98 Å². The van der Waals surface area contributed by atoms with Gasteiger partial charge < -0.3 is 4.55 Å². The predicted octanol–water partition coefficient (Wildman–Crippen LogP) is 4.00. The van der Waals surface area contributed by atoms with E-state index in [2.05, 4.69) is 9.71 Å². The second-order valence-electron chi connectivity index (χ2n) is 6.20. The van der Waals surface area contributed by atoms with Gasteiger partial charge in [-0.2, -0.15) is 0 Å². The van der Waals surface area contributed by atoms with E-state index < -0.39 is 11.4 Å². The van der Waals surface area contributed by atoms with E-state index in [0.717, 1.165) is 16.8 Å². The highest BCUT2D eigenvalue weighted by Crippen LogP contribution is 2.22. The summed E-state index contributed by atoms with van der Waals surface area (Å²) in [6.07, 6.45) is 1.76. The van der Waals surface area contributed by atoms with Crippen LogP contribution in [-0.4, -0.2) is 14.3 Å². The molecule has 0 amide bonds. The molecule has 0 saturated heterocycles. The first kappa shape index (κ1) is 16.9. The molecule has 5 heteroatoms. The molecule has 0 aliphatic rings. The summed E-state index contributed by atoms with van der Waals surface area (Å²) in [7, 11) is 0. The molecule has 1 N–H and O–H groups in total. The lowest BCUT2D eigenvalue weighted by atomic mass is 10.1. The highest BCUT2D eigenvalue weighted by atomic mass is 32.2. The predicted molar refractivity (Wildman–Crippen MR) is 89.1 cm³/mol. The Morgan fingerprint density at radius 1 is 1.14 bits per heavy atom. The molecule has 2 rings (SSSR count). The molecule has 0 fully saturated rings. The van der Waals surface area contributed by atoms with Gasteiger partial charge in [-0.05, 0) is 63.6 Å². The van der Waals surface area contributed by atoms with Gasteiger partial charge in [-0.15, -0.1) is 4.72 Å². The minimum Gasteiger partial charge on any atom is -0.598 e. The van der Waals surface area contributed by atoms with Gasteiger partial charge in [0.25, 0.3) is 0 Å². The van der Waals surface area contributed by atoms with Crippen molar-refractivity contribution in [3.8, 4) is 11.3 Å². The first-order chi connectivity index (χ1) is 10.3. The summed E-state index contributed by atoms with van der Waals surface area (Å²) >= 11 is -1.13. The summed E-state index contributed by atoms with van der Waals surface area (Å²) in [5.41, 5.74) is 2.61. The van der Waals surface area contributed by atoms with E-state index in [1.165, 1.54) is 12.1 Å². The molecule has 118 valence electrons. The number of nitrogens with zero attached hydrogens (tertiary/aromatic N) is 1. The second-order valence-corrected chi connectivity index (χ2v) is 8.20. The van der Waals surface area contributed by atoms with Crippen molar-refractivity contribution in [1.29, 1.82) is 0 Å². The van der Waals surface area contributed by atoms with Crippen molar-refractivity contribution in [3.05, 3.63) is 54.0 Å². The summed E-state index contributed by atoms with van der Waals surface area (Å²) < 4.78 is 27.8. The van der Waals surface area contributed by atoms with Gasteiger partial charge in [0, 0.05) is 23.1 Å². The average Bonchev–Trinajstić information content (AvgIpc) is 2.47. The fourth-order valence-corrected chi connectivity index (χ4v) is 2.67. The number of hydrogen-bond acceptors (Lipinski definition) is 3. The van der Waals surface area contributed by atoms with Crippen LogP contribution in [0.15, 0.2) is 42.6 Å². The van der Waals surface area contributed by atoms with Crippen LogP contribution in [0.4, 0.5) is 4.39 Å². The van der Waals surface area contributed by atoms with Crippen molar-refractivity contribution < 1.29 is 8.94 Å². The molecule has 22 heavy (non-hydrogen) atoms. The molecular formula is C17H21FN2OS. The van der Waals surface area contributed by atoms with Crippen LogP contribution in [0.5, 0.6) is 0 Å². The van der Waals surface area contributed by atoms with E-state index in [9.17, 15) is 8.94 Å². The molecular weight excluding hydrogens is 299 g/mol. The van der Waals surface area contributed by atoms with Crippen LogP contribution in [0.1, 0.15) is 39.3 Å². The average molecular weight is 320 g/mol. The van der Waals surface area contributed by atoms with E-state index in [-0.39, 0.29) is 16.6 Å². The second kappa shape index (κ2) is 6.77. The van der Waals surface area contributed by atoms with Crippen LogP contribution in [0, 0.1) is 5.82 Å². The van der Waals surface area contributed by atoms with Crippen LogP contribution in [-0.2, 0) is 11.4 Å². The summed E-state index contributed by atoms with van der Waals surface area (Å²) in [5.74, 6) is -0.261. The minimum atomic E-state index is -1.13. The highest BCUT2D eigenvalue weighted by Gasteiger charge is 2.28. The summed E-state index contributed by atoms with van der Waals surface area (Å²) in [6, 6.07) is 10.0. The van der Waals surface area contributed by atoms with Gasteiger partial charge in [0.2, 0.25) is 0 Å². The van der Waals surface area contributed by atoms with Crippen molar-refractivity contribution >= 4 is 11.4 Å². The van der Waals surface area contributed by atoms with Crippen LogP contribution >= 0.6 is 0 Å². The van der Waals surface area contributed by atoms with E-state index in [1.54, 1.807) is 18.3 Å². The van der Waals surface area contributed by atoms with E-state index in [0.29, 0.717) is 0 Å². The standard InChI is InChI=1S/C17H21FN2OS/c1-12(20-22(21)17(2,3)4)14-7-10-16(19-11-14)13-5-8-15(18)9-6-13/h5-12,20H,1-4H3/t12-,22-/m0/s1. The number of aromatic nitrogens is 1. The van der Waals surface area contributed by atoms with Gasteiger partial charge >= 0.3 is 0 Å². The summed E-state index contributed by atoms with van der Waals surface area (Å²) in [4.78, 5) is 4.41. The van der Waals surface area contributed by atoms with Gasteiger partial charge in [-0.1, -0.05) is 6.07 Å². The van der Waals surface area contributed by atoms with Crippen LogP contribution < -0.4 is 4.72 Å². The molecule has 0 spiro atoms. The monoisotopic (exact) mass is 320 g/mol. The Morgan fingerprint density at radius 3 is 2.27 bits per heavy atom. The third kappa shape index (κ3) is 4.29. The number of rotatable bonds is 4. The lowest BCUT2D eigenvalue weighted by Gasteiger charge is -2.26. The van der Waals surface area contributed by atoms with Crippen molar-refractivity contribution in [2.45, 2.75) is 38.5 Å². The summed E-state index contributed by atoms with van der Waals surface area (Å²) in [6.45, 7) is 7.74. The van der Waals surface area contributed by atoms with Crippen molar-refractivity contribution in [2.75, 3.05) is 0 Å². The van der Waals surface area contributed by atoms with Crippen molar-refractivity contribution in [1.82, 2.24) is 9.71 Å². The lowest BCUT2D eigenvalue weighted by molar-refractivity contribution is 0.531. The number of hydrogen-bond donors (Lipinski definition) is 1. The van der Waals surface area contributed by atoms with E-state index in [1.807, 2.05) is 39.8 Å². The quantitative estimate of drug-likeness (QED) is 0.866. The zero-order chi connectivity index (χ0) is 16.3. The molecule has 0 aliphatic carbocycles. The number of benzene rings is 1. The minimum absolute atomic E-state index is 0.0603. The molecule has 0 unspecified atom stereocenters. The van der Waals surface area contributed by atoms with Gasteiger partial charge in [-0.25, -0.2) is 4.39 Å². The normalized spacial score (nSPS) is 14.6. The fourth-order valence-electron chi connectivity index (χ4n) is 1.86. The number of nitrogens with one attached hydrogen (secondary N) is 1. The first-order valence-electron chi connectivity index (χ1n) is 7.17. The molecule has 0 bridgehead atoms. The Hall–Kier alpha value is -1.43. The maximum absolute atomic E-state index is 12.9. The number of pyridine rings is 1. The maximum Gasteiger partial charge on any atom is 0.136 e. The number of halogens is 1. The van der Waals surface area contributed by atoms with Gasteiger partial charge in [0.1, 0.15) is 10.6 Å². The maximum atomic E-state index is 12.9. The molecule has 0 aliphatic heterocycles. The Labute approximate surface area is 134 Å². The molecule has 1 heterocycles. The third-order valence-corrected chi connectivity index (χ3v) is 4.95. The summed E-state index contributed by atoms with van der Waals surface area (Å²) in [5, 5.41) is 0. The van der Waals surface area contributed by atoms with Gasteiger partial charge in [0.15, 0.2) is 0 Å². The van der Waals surface area contributed by atoms with E-state index >= 15 is 0 Å². The SMILES string of the molecule is C[C@H](N[S@@+]([O-])C(C)(C)C)c1ccc(-c2ccc(F)cc2)nc1. The fraction of sp³-hybridized carbons (Fsp3) is 0.353. The lowest BCUT2D eigenvalue weighted by Crippen LogP contribution is -2.40. The molecule has 1 aromatic heterocycles. The molecule has 3 nitrogen and oxygen atoms in total. The Balaban J connectivity index is 2.10. The molecule has 2 aromatic rings. The Morgan fingerprint density at radius 2 is 1.77 bits per heavy atom. The van der Waals surface area contributed by atoms with Crippen molar-refractivity contribution in [2.24, 2.45) is 0 Å². The zero-order valence-corrected chi connectivity index (χ0v) is 14.1. The van der Waals surface area contributed by atoms with E-state index in [4.69, 9.17) is 0 Å². The van der Waals surface area contributed by atoms with Crippen LogP contribution in [0.3, 0.4) is 0 Å². The molecule has 0 saturated carbocycles. The highest BCUT2D eigenvalue weighted by molar-refractivity contribution is 7.90. The largest absolute Gasteiger partial charge is 0.598 e. The first-order valence-corrected chi connectivity index (χ1v) is 8.32.